The summed E-state index contributed by atoms with van der Waals surface area (Å²) in [4.78, 5) is 7.16. The second-order valence-corrected chi connectivity index (χ2v) is 3.50. The van der Waals surface area contributed by atoms with Crippen molar-refractivity contribution in [3.8, 4) is 6.07 Å². The van der Waals surface area contributed by atoms with E-state index in [4.69, 9.17) is 10.4 Å². The van der Waals surface area contributed by atoms with Crippen molar-refractivity contribution in [2.75, 3.05) is 0 Å². The number of rotatable bonds is 3. The van der Waals surface area contributed by atoms with Crippen LogP contribution in [0, 0.1) is 11.3 Å². The smallest absolute Gasteiger partial charge is 0.110 e. The van der Waals surface area contributed by atoms with Gasteiger partial charge < -0.3 is 10.1 Å². The van der Waals surface area contributed by atoms with E-state index in [1.54, 1.807) is 18.3 Å². The average Bonchev–Trinajstić information content (AvgIpc) is 2.78. The van der Waals surface area contributed by atoms with Gasteiger partial charge in [-0.1, -0.05) is 12.1 Å². The number of nitrogens with zero attached hydrogens (tertiary/aromatic N) is 2. The van der Waals surface area contributed by atoms with E-state index >= 15 is 0 Å². The normalized spacial score (nSPS) is 10.0. The van der Waals surface area contributed by atoms with Crippen LogP contribution < -0.4 is 0 Å². The molecule has 0 fully saturated rings. The average molecular weight is 213 g/mol. The number of nitriles is 1. The molecular formula is C12H11N3O. The highest BCUT2D eigenvalue weighted by molar-refractivity contribution is 5.32. The maximum Gasteiger partial charge on any atom is 0.110 e. The van der Waals surface area contributed by atoms with Crippen LogP contribution in [0.15, 0.2) is 30.5 Å². The molecule has 0 saturated heterocycles. The quantitative estimate of drug-likeness (QED) is 0.808. The fraction of sp³-hybridized carbons (Fsp3) is 0.167. The van der Waals surface area contributed by atoms with Gasteiger partial charge in [-0.2, -0.15) is 5.26 Å². The van der Waals surface area contributed by atoms with Crippen LogP contribution in [0.5, 0.6) is 0 Å². The number of hydrogen-bond acceptors (Lipinski definition) is 3. The molecular weight excluding hydrogens is 202 g/mol. The van der Waals surface area contributed by atoms with Crippen molar-refractivity contribution >= 4 is 0 Å². The summed E-state index contributed by atoms with van der Waals surface area (Å²) in [6, 6.07) is 9.45. The van der Waals surface area contributed by atoms with Gasteiger partial charge in [0.05, 0.1) is 30.1 Å². The molecule has 0 amide bonds. The highest BCUT2D eigenvalue weighted by Gasteiger charge is 2.01. The van der Waals surface area contributed by atoms with Crippen LogP contribution in [0.4, 0.5) is 0 Å². The van der Waals surface area contributed by atoms with Gasteiger partial charge in [0.1, 0.15) is 5.82 Å². The molecule has 4 heteroatoms. The summed E-state index contributed by atoms with van der Waals surface area (Å²) in [6.45, 7) is -0.0274. The number of aromatic nitrogens is 2. The number of imidazole rings is 1. The number of aliphatic hydroxyl groups is 1. The van der Waals surface area contributed by atoms with E-state index in [2.05, 4.69) is 16.0 Å². The minimum Gasteiger partial charge on any atom is -0.390 e. The van der Waals surface area contributed by atoms with E-state index in [0.29, 0.717) is 17.7 Å². The van der Waals surface area contributed by atoms with Gasteiger partial charge in [0, 0.05) is 6.42 Å². The van der Waals surface area contributed by atoms with Crippen molar-refractivity contribution in [3.05, 3.63) is 53.1 Å². The Morgan fingerprint density at radius 3 is 2.62 bits per heavy atom. The number of aromatic amines is 1. The van der Waals surface area contributed by atoms with Crippen LogP contribution in [-0.4, -0.2) is 15.1 Å². The Morgan fingerprint density at radius 1 is 1.31 bits per heavy atom. The molecule has 0 aliphatic rings. The first-order chi connectivity index (χ1) is 7.81. The summed E-state index contributed by atoms with van der Waals surface area (Å²) < 4.78 is 0. The zero-order valence-corrected chi connectivity index (χ0v) is 8.64. The number of nitrogens with one attached hydrogen (secondary N) is 1. The van der Waals surface area contributed by atoms with Gasteiger partial charge in [0.15, 0.2) is 0 Å². The third-order valence-corrected chi connectivity index (χ3v) is 2.31. The van der Waals surface area contributed by atoms with Crippen molar-refractivity contribution in [2.24, 2.45) is 0 Å². The lowest BCUT2D eigenvalue weighted by Gasteiger charge is -1.98. The van der Waals surface area contributed by atoms with Crippen molar-refractivity contribution in [2.45, 2.75) is 13.0 Å². The molecule has 80 valence electrons. The van der Waals surface area contributed by atoms with Gasteiger partial charge >= 0.3 is 0 Å². The molecule has 2 rings (SSSR count). The first-order valence-electron chi connectivity index (χ1n) is 4.94. The summed E-state index contributed by atoms with van der Waals surface area (Å²) in [5.74, 6) is 0.814. The zero-order valence-electron chi connectivity index (χ0n) is 8.64. The SMILES string of the molecule is N#Cc1ccc(Cc2ncc(CO)[nH]2)cc1. The predicted octanol–water partition coefficient (Wildman–Crippen LogP) is 1.36. The zero-order chi connectivity index (χ0) is 11.4. The Balaban J connectivity index is 2.11. The minimum atomic E-state index is -0.0274. The van der Waals surface area contributed by atoms with Gasteiger partial charge in [-0.05, 0) is 17.7 Å². The molecule has 0 spiro atoms. The Morgan fingerprint density at radius 2 is 2.06 bits per heavy atom. The lowest BCUT2D eigenvalue weighted by molar-refractivity contribution is 0.277. The van der Waals surface area contributed by atoms with Crippen LogP contribution >= 0.6 is 0 Å². The Hall–Kier alpha value is -2.12. The van der Waals surface area contributed by atoms with Gasteiger partial charge in [0.25, 0.3) is 0 Å². The molecule has 1 heterocycles. The molecule has 0 radical (unpaired) electrons. The molecule has 0 aliphatic carbocycles. The highest BCUT2D eigenvalue weighted by atomic mass is 16.3. The molecule has 0 unspecified atom stereocenters. The molecule has 2 N–H and O–H groups in total. The second kappa shape index (κ2) is 4.60. The molecule has 1 aromatic carbocycles. The second-order valence-electron chi connectivity index (χ2n) is 3.50. The van der Waals surface area contributed by atoms with Crippen molar-refractivity contribution in [1.82, 2.24) is 9.97 Å². The lowest BCUT2D eigenvalue weighted by atomic mass is 10.1. The molecule has 0 bridgehead atoms. The standard InChI is InChI=1S/C12H11N3O/c13-6-10-3-1-9(2-4-10)5-12-14-7-11(8-16)15-12/h1-4,7,16H,5,8H2,(H,14,15). The van der Waals surface area contributed by atoms with Crippen LogP contribution in [-0.2, 0) is 13.0 Å². The van der Waals surface area contributed by atoms with E-state index in [1.807, 2.05) is 12.1 Å². The summed E-state index contributed by atoms with van der Waals surface area (Å²) >= 11 is 0. The summed E-state index contributed by atoms with van der Waals surface area (Å²) in [5.41, 5.74) is 2.45. The van der Waals surface area contributed by atoms with Crippen LogP contribution in [0.25, 0.3) is 0 Å². The van der Waals surface area contributed by atoms with Crippen molar-refractivity contribution in [1.29, 1.82) is 5.26 Å². The molecule has 16 heavy (non-hydrogen) atoms. The number of aliphatic hydroxyl groups excluding tert-OH is 1. The first kappa shape index (κ1) is 10.4. The fourth-order valence-electron chi connectivity index (χ4n) is 1.47. The fourth-order valence-corrected chi connectivity index (χ4v) is 1.47. The largest absolute Gasteiger partial charge is 0.390 e. The number of H-pyrrole nitrogens is 1. The van der Waals surface area contributed by atoms with E-state index in [1.165, 1.54) is 0 Å². The van der Waals surface area contributed by atoms with Crippen LogP contribution in [0.1, 0.15) is 22.6 Å². The molecule has 0 saturated carbocycles. The third-order valence-electron chi connectivity index (χ3n) is 2.31. The van der Waals surface area contributed by atoms with Gasteiger partial charge in [-0.25, -0.2) is 4.98 Å². The Kier molecular flexibility index (Phi) is 2.99. The number of hydrogen-bond donors (Lipinski definition) is 2. The summed E-state index contributed by atoms with van der Waals surface area (Å²) in [5, 5.41) is 17.5. The molecule has 4 nitrogen and oxygen atoms in total. The molecule has 0 atom stereocenters. The van der Waals surface area contributed by atoms with Crippen LogP contribution in [0.3, 0.4) is 0 Å². The van der Waals surface area contributed by atoms with Gasteiger partial charge in [-0.15, -0.1) is 0 Å². The maximum atomic E-state index is 8.88. The van der Waals surface area contributed by atoms with Gasteiger partial charge in [0.2, 0.25) is 0 Å². The van der Waals surface area contributed by atoms with Crippen molar-refractivity contribution < 1.29 is 5.11 Å². The Labute approximate surface area is 93.2 Å². The Bertz CT molecular complexity index is 508. The van der Waals surface area contributed by atoms with E-state index in [0.717, 1.165) is 11.4 Å². The molecule has 0 aliphatic heterocycles. The van der Waals surface area contributed by atoms with E-state index in [9.17, 15) is 0 Å². The van der Waals surface area contributed by atoms with E-state index in [-0.39, 0.29) is 6.61 Å². The van der Waals surface area contributed by atoms with Gasteiger partial charge in [-0.3, -0.25) is 0 Å². The topological polar surface area (TPSA) is 72.7 Å². The highest BCUT2D eigenvalue weighted by Crippen LogP contribution is 2.08. The summed E-state index contributed by atoms with van der Waals surface area (Å²) in [7, 11) is 0. The predicted molar refractivity (Wildman–Crippen MR) is 58.5 cm³/mol. The first-order valence-corrected chi connectivity index (χ1v) is 4.94. The molecule has 1 aromatic heterocycles. The maximum absolute atomic E-state index is 8.88. The molecule has 2 aromatic rings. The third kappa shape index (κ3) is 2.27. The minimum absolute atomic E-state index is 0.0274. The monoisotopic (exact) mass is 213 g/mol. The van der Waals surface area contributed by atoms with Crippen molar-refractivity contribution in [3.63, 3.8) is 0 Å². The number of benzene rings is 1. The summed E-state index contributed by atoms with van der Waals surface area (Å²) in [6.07, 6.45) is 2.30. The van der Waals surface area contributed by atoms with E-state index < -0.39 is 0 Å². The van der Waals surface area contributed by atoms with Crippen LogP contribution in [0.2, 0.25) is 0 Å². The lowest BCUT2D eigenvalue weighted by Crippen LogP contribution is -1.91.